The summed E-state index contributed by atoms with van der Waals surface area (Å²) in [5.41, 5.74) is 1.64. The van der Waals surface area contributed by atoms with E-state index in [9.17, 15) is 8.42 Å². The number of hydrogen-bond acceptors (Lipinski definition) is 5. The first kappa shape index (κ1) is 20.1. The summed E-state index contributed by atoms with van der Waals surface area (Å²) in [7, 11) is -2.06. The summed E-state index contributed by atoms with van der Waals surface area (Å²) in [5.74, 6) is 1.54. The minimum absolute atomic E-state index is 0.0401. The molecule has 1 N–H and O–H groups in total. The average molecular weight is 419 g/mol. The third-order valence-corrected chi connectivity index (χ3v) is 5.64. The molecule has 0 aliphatic heterocycles. The van der Waals surface area contributed by atoms with Gasteiger partial charge in [0.2, 0.25) is 10.0 Å². The van der Waals surface area contributed by atoms with Gasteiger partial charge in [0.1, 0.15) is 17.3 Å². The van der Waals surface area contributed by atoms with E-state index >= 15 is 0 Å². The molecule has 0 unspecified atom stereocenters. The van der Waals surface area contributed by atoms with Crippen LogP contribution >= 0.6 is 11.6 Å². The number of benzene rings is 2. The Kier molecular flexibility index (Phi) is 6.18. The summed E-state index contributed by atoms with van der Waals surface area (Å²) >= 11 is 6.07. The number of hydrogen-bond donors (Lipinski definition) is 1. The lowest BCUT2D eigenvalue weighted by atomic mass is 10.2. The molecule has 3 rings (SSSR count). The zero-order valence-electron chi connectivity index (χ0n) is 15.3. The number of sulfonamides is 1. The maximum atomic E-state index is 12.3. The van der Waals surface area contributed by atoms with Crippen LogP contribution in [0.1, 0.15) is 17.1 Å². The highest BCUT2D eigenvalue weighted by molar-refractivity contribution is 7.89. The topological polar surface area (TPSA) is 80.9 Å². The van der Waals surface area contributed by atoms with Crippen molar-refractivity contribution < 1.29 is 17.6 Å². The molecule has 3 aromatic rings. The predicted molar refractivity (Wildman–Crippen MR) is 109 cm³/mol. The number of nitrogens with zero attached hydrogens (tertiary/aromatic N) is 1. The van der Waals surface area contributed by atoms with Gasteiger partial charge in [-0.3, -0.25) is 4.99 Å². The van der Waals surface area contributed by atoms with Crippen LogP contribution in [0, 0.1) is 6.92 Å². The molecule has 2 aromatic carbocycles. The van der Waals surface area contributed by atoms with E-state index in [0.717, 1.165) is 5.56 Å². The van der Waals surface area contributed by atoms with Crippen molar-refractivity contribution in [3.05, 3.63) is 76.7 Å². The fourth-order valence-corrected chi connectivity index (χ4v) is 3.64. The number of halogens is 1. The number of aryl methyl sites for hydroxylation is 1. The highest BCUT2D eigenvalue weighted by Gasteiger charge is 2.14. The van der Waals surface area contributed by atoms with E-state index < -0.39 is 10.0 Å². The largest absolute Gasteiger partial charge is 0.495 e. The van der Waals surface area contributed by atoms with Crippen molar-refractivity contribution in [2.75, 3.05) is 7.11 Å². The minimum atomic E-state index is -3.60. The van der Waals surface area contributed by atoms with Crippen molar-refractivity contribution in [3.8, 4) is 5.75 Å². The van der Waals surface area contributed by atoms with E-state index in [1.165, 1.54) is 6.21 Å². The van der Waals surface area contributed by atoms with Crippen LogP contribution in [-0.4, -0.2) is 21.7 Å². The summed E-state index contributed by atoms with van der Waals surface area (Å²) in [6.45, 7) is 1.94. The van der Waals surface area contributed by atoms with Gasteiger partial charge in [-0.1, -0.05) is 29.3 Å². The molecule has 0 bridgehead atoms. The molecule has 28 heavy (non-hydrogen) atoms. The Hall–Kier alpha value is -2.61. The summed E-state index contributed by atoms with van der Waals surface area (Å²) < 4.78 is 37.9. The highest BCUT2D eigenvalue weighted by Crippen LogP contribution is 2.28. The van der Waals surface area contributed by atoms with Crippen molar-refractivity contribution in [1.82, 2.24) is 4.72 Å². The molecule has 0 fully saturated rings. The number of rotatable bonds is 7. The van der Waals surface area contributed by atoms with Crippen LogP contribution in [-0.2, 0) is 16.6 Å². The smallest absolute Gasteiger partial charge is 0.240 e. The second kappa shape index (κ2) is 8.60. The van der Waals surface area contributed by atoms with Crippen molar-refractivity contribution in [3.63, 3.8) is 0 Å². The van der Waals surface area contributed by atoms with Crippen LogP contribution in [0.15, 0.2) is 68.9 Å². The van der Waals surface area contributed by atoms with E-state index in [-0.39, 0.29) is 11.4 Å². The molecule has 0 aliphatic carbocycles. The molecule has 8 heteroatoms. The van der Waals surface area contributed by atoms with Crippen LogP contribution in [0.4, 0.5) is 5.69 Å². The monoisotopic (exact) mass is 418 g/mol. The number of nitrogens with one attached hydrogen (secondary N) is 1. The maximum Gasteiger partial charge on any atom is 0.240 e. The second-order valence-corrected chi connectivity index (χ2v) is 8.19. The molecule has 0 saturated carbocycles. The number of furan rings is 1. The van der Waals surface area contributed by atoms with Gasteiger partial charge in [0, 0.05) is 0 Å². The summed E-state index contributed by atoms with van der Waals surface area (Å²) in [4.78, 5) is 4.50. The quantitative estimate of drug-likeness (QED) is 0.573. The molecule has 0 atom stereocenters. The standard InChI is InChI=1S/C20H19ClN2O4S/c1-14-3-8-18(9-4-14)28(24,25)23-13-17-7-6-16(27-17)12-22-15-5-10-20(26-2)19(21)11-15/h3-12,23H,13H2,1-2H3. The van der Waals surface area contributed by atoms with E-state index in [4.69, 9.17) is 20.8 Å². The lowest BCUT2D eigenvalue weighted by molar-refractivity contribution is 0.415. The number of methoxy groups -OCH3 is 1. The number of ether oxygens (including phenoxy) is 1. The zero-order valence-corrected chi connectivity index (χ0v) is 16.9. The molecule has 0 radical (unpaired) electrons. The van der Waals surface area contributed by atoms with E-state index in [1.807, 2.05) is 6.92 Å². The van der Waals surface area contributed by atoms with Gasteiger partial charge in [-0.05, 0) is 49.4 Å². The van der Waals surface area contributed by atoms with Gasteiger partial charge in [-0.25, -0.2) is 13.1 Å². The van der Waals surface area contributed by atoms with E-state index in [1.54, 1.807) is 61.7 Å². The van der Waals surface area contributed by atoms with Crippen molar-refractivity contribution in [1.29, 1.82) is 0 Å². The normalized spacial score (nSPS) is 11.8. The van der Waals surface area contributed by atoms with Crippen molar-refractivity contribution >= 4 is 33.5 Å². The predicted octanol–water partition coefficient (Wildman–Crippen LogP) is 4.48. The van der Waals surface area contributed by atoms with Gasteiger partial charge in [-0.2, -0.15) is 0 Å². The van der Waals surface area contributed by atoms with Gasteiger partial charge in [-0.15, -0.1) is 0 Å². The molecule has 0 amide bonds. The first-order valence-corrected chi connectivity index (χ1v) is 10.3. The third-order valence-electron chi connectivity index (χ3n) is 3.93. The summed E-state index contributed by atoms with van der Waals surface area (Å²) in [6, 6.07) is 15.2. The molecule has 1 aromatic heterocycles. The van der Waals surface area contributed by atoms with Crippen LogP contribution < -0.4 is 9.46 Å². The first-order valence-electron chi connectivity index (χ1n) is 8.40. The molecule has 6 nitrogen and oxygen atoms in total. The Morgan fingerprint density at radius 3 is 2.57 bits per heavy atom. The van der Waals surface area contributed by atoms with Crippen LogP contribution in [0.3, 0.4) is 0 Å². The molecule has 146 valence electrons. The summed E-state index contributed by atoms with van der Waals surface area (Å²) in [6.07, 6.45) is 1.54. The molecule has 0 saturated heterocycles. The SMILES string of the molecule is COc1ccc(N=Cc2ccc(CNS(=O)(=O)c3ccc(C)cc3)o2)cc1Cl. The van der Waals surface area contributed by atoms with Crippen molar-refractivity contribution in [2.24, 2.45) is 4.99 Å². The molecule has 0 spiro atoms. The van der Waals surface area contributed by atoms with E-state index in [0.29, 0.717) is 28.0 Å². The van der Waals surface area contributed by atoms with Gasteiger partial charge in [0.25, 0.3) is 0 Å². The Morgan fingerprint density at radius 2 is 1.89 bits per heavy atom. The Morgan fingerprint density at radius 1 is 1.14 bits per heavy atom. The van der Waals surface area contributed by atoms with Gasteiger partial charge >= 0.3 is 0 Å². The van der Waals surface area contributed by atoms with Crippen LogP contribution in [0.25, 0.3) is 0 Å². The Labute approximate surface area is 168 Å². The molecular weight excluding hydrogens is 400 g/mol. The lowest BCUT2D eigenvalue weighted by Crippen LogP contribution is -2.22. The zero-order chi connectivity index (χ0) is 20.1. The van der Waals surface area contributed by atoms with Gasteiger partial charge < -0.3 is 9.15 Å². The van der Waals surface area contributed by atoms with Crippen LogP contribution in [0.5, 0.6) is 5.75 Å². The molecule has 0 aliphatic rings. The molecule has 1 heterocycles. The first-order chi connectivity index (χ1) is 13.4. The second-order valence-electron chi connectivity index (χ2n) is 6.02. The number of aliphatic imine (C=N–C) groups is 1. The maximum absolute atomic E-state index is 12.3. The summed E-state index contributed by atoms with van der Waals surface area (Å²) in [5, 5.41) is 0.461. The van der Waals surface area contributed by atoms with Gasteiger partial charge in [0.15, 0.2) is 0 Å². The highest BCUT2D eigenvalue weighted by atomic mass is 35.5. The molecular formula is C20H19ClN2O4S. The van der Waals surface area contributed by atoms with Crippen LogP contribution in [0.2, 0.25) is 5.02 Å². The van der Waals surface area contributed by atoms with E-state index in [2.05, 4.69) is 9.71 Å². The van der Waals surface area contributed by atoms with Gasteiger partial charge in [0.05, 0.1) is 35.5 Å². The Balaban J connectivity index is 1.64. The average Bonchev–Trinajstić information content (AvgIpc) is 3.13. The minimum Gasteiger partial charge on any atom is -0.495 e. The fourth-order valence-electron chi connectivity index (χ4n) is 2.40. The van der Waals surface area contributed by atoms with Crippen molar-refractivity contribution in [2.45, 2.75) is 18.4 Å². The third kappa shape index (κ3) is 5.01. The lowest BCUT2D eigenvalue weighted by Gasteiger charge is -2.05. The fraction of sp³-hybridized carbons (Fsp3) is 0.150. The Bertz CT molecular complexity index is 1090.